The lowest BCUT2D eigenvalue weighted by Crippen LogP contribution is -2.03. The van der Waals surface area contributed by atoms with Crippen LogP contribution in [-0.4, -0.2) is 34.2 Å². The number of sulfone groups is 1. The Morgan fingerprint density at radius 2 is 1.81 bits per heavy atom. The van der Waals surface area contributed by atoms with Gasteiger partial charge in [-0.3, -0.25) is 15.0 Å². The zero-order chi connectivity index (χ0) is 22.5. The fourth-order valence-corrected chi connectivity index (χ4v) is 4.61. The molecule has 0 fully saturated rings. The van der Waals surface area contributed by atoms with Crippen LogP contribution in [0.2, 0.25) is 0 Å². The van der Waals surface area contributed by atoms with Gasteiger partial charge in [-0.1, -0.05) is 0 Å². The molecule has 7 nitrogen and oxygen atoms in total. The molecular weight excluding hydrogens is 429 g/mol. The minimum absolute atomic E-state index is 0.115. The number of halogens is 1. The molecule has 0 saturated heterocycles. The second-order valence-electron chi connectivity index (χ2n) is 7.53. The average molecular weight is 447 g/mol. The van der Waals surface area contributed by atoms with Crippen molar-refractivity contribution in [1.82, 2.24) is 19.5 Å². The van der Waals surface area contributed by atoms with Gasteiger partial charge >= 0.3 is 0 Å². The Bertz CT molecular complexity index is 1610. The minimum atomic E-state index is -3.48. The van der Waals surface area contributed by atoms with Crippen molar-refractivity contribution in [1.29, 1.82) is 0 Å². The first kappa shape index (κ1) is 20.1. The maximum absolute atomic E-state index is 15.2. The van der Waals surface area contributed by atoms with Gasteiger partial charge in [0.25, 0.3) is 0 Å². The van der Waals surface area contributed by atoms with Crippen molar-refractivity contribution in [2.24, 2.45) is 7.05 Å². The number of aryl methyl sites for hydroxylation is 1. The topological polar surface area (TPSA) is 89.8 Å². The maximum atomic E-state index is 15.2. The summed E-state index contributed by atoms with van der Waals surface area (Å²) in [6.07, 6.45) is 8.98. The van der Waals surface area contributed by atoms with Crippen molar-refractivity contribution >= 4 is 43.1 Å². The number of hydrogen-bond donors (Lipinski definition) is 1. The number of benzene rings is 2. The zero-order valence-corrected chi connectivity index (χ0v) is 18.1. The van der Waals surface area contributed by atoms with Crippen LogP contribution >= 0.6 is 0 Å². The van der Waals surface area contributed by atoms with Crippen LogP contribution in [0, 0.1) is 5.82 Å². The molecule has 1 N–H and O–H groups in total. The third kappa shape index (κ3) is 3.46. The number of nitrogens with zero attached hydrogens (tertiary/aromatic N) is 4. The highest BCUT2D eigenvalue weighted by Crippen LogP contribution is 2.35. The maximum Gasteiger partial charge on any atom is 0.177 e. The van der Waals surface area contributed by atoms with Gasteiger partial charge in [-0.25, -0.2) is 12.8 Å². The highest BCUT2D eigenvalue weighted by Gasteiger charge is 2.17. The van der Waals surface area contributed by atoms with E-state index in [9.17, 15) is 8.42 Å². The van der Waals surface area contributed by atoms with Crippen LogP contribution < -0.4 is 5.32 Å². The van der Waals surface area contributed by atoms with E-state index in [0.717, 1.165) is 17.2 Å². The second kappa shape index (κ2) is 7.38. The van der Waals surface area contributed by atoms with Crippen LogP contribution in [0.4, 0.5) is 15.8 Å². The van der Waals surface area contributed by atoms with Gasteiger partial charge in [0.05, 0.1) is 27.8 Å². The molecule has 0 bridgehead atoms. The number of aromatic nitrogens is 4. The van der Waals surface area contributed by atoms with Gasteiger partial charge in [-0.15, -0.1) is 0 Å². The second-order valence-corrected chi connectivity index (χ2v) is 9.52. The lowest BCUT2D eigenvalue weighted by Gasteiger charge is -2.14. The van der Waals surface area contributed by atoms with Crippen molar-refractivity contribution in [2.75, 3.05) is 11.6 Å². The predicted molar refractivity (Wildman–Crippen MR) is 122 cm³/mol. The van der Waals surface area contributed by atoms with Crippen LogP contribution in [0.5, 0.6) is 0 Å². The molecule has 160 valence electrons. The van der Waals surface area contributed by atoms with Crippen molar-refractivity contribution < 1.29 is 12.8 Å². The number of rotatable bonds is 4. The largest absolute Gasteiger partial charge is 0.353 e. The number of nitrogens with one attached hydrogen (secondary N) is 1. The summed E-state index contributed by atoms with van der Waals surface area (Å²) in [6.45, 7) is 0. The average Bonchev–Trinajstić information content (AvgIpc) is 3.12. The van der Waals surface area contributed by atoms with Crippen molar-refractivity contribution in [3.8, 4) is 11.1 Å². The van der Waals surface area contributed by atoms with Gasteiger partial charge < -0.3 is 9.88 Å². The number of pyridine rings is 1. The standard InChI is InChI=1S/C23H18FN5O2S/c1-29-8-4-14-9-18(24)16(12-21(14)29)17-10-15(11-19-23(17)27-7-6-26-19)28-20-13-25-5-3-22(20)32(2,30)31/h3-13,28H,1-2H3. The van der Waals surface area contributed by atoms with Gasteiger partial charge in [0.15, 0.2) is 9.84 Å². The Balaban J connectivity index is 1.72. The Labute approximate surface area is 183 Å². The van der Waals surface area contributed by atoms with E-state index in [1.54, 1.807) is 30.6 Å². The minimum Gasteiger partial charge on any atom is -0.353 e. The third-order valence-electron chi connectivity index (χ3n) is 5.30. The van der Waals surface area contributed by atoms with Crippen molar-refractivity contribution in [3.63, 3.8) is 0 Å². The van der Waals surface area contributed by atoms with E-state index in [-0.39, 0.29) is 10.7 Å². The summed E-state index contributed by atoms with van der Waals surface area (Å²) < 4.78 is 41.4. The molecule has 0 saturated carbocycles. The molecule has 0 atom stereocenters. The molecule has 0 aliphatic heterocycles. The number of hydrogen-bond acceptors (Lipinski definition) is 6. The predicted octanol–water partition coefficient (Wildman–Crippen LogP) is 4.47. The molecule has 9 heteroatoms. The van der Waals surface area contributed by atoms with E-state index >= 15 is 4.39 Å². The fourth-order valence-electron chi connectivity index (χ4n) is 3.80. The molecular formula is C23H18FN5O2S. The molecule has 0 aliphatic carbocycles. The Morgan fingerprint density at radius 3 is 2.62 bits per heavy atom. The third-order valence-corrected chi connectivity index (χ3v) is 6.45. The first-order valence-electron chi connectivity index (χ1n) is 9.72. The van der Waals surface area contributed by atoms with Crippen LogP contribution in [0.15, 0.2) is 72.3 Å². The van der Waals surface area contributed by atoms with Crippen LogP contribution in [0.25, 0.3) is 33.1 Å². The summed E-state index contributed by atoms with van der Waals surface area (Å²) in [6, 6.07) is 10.0. The van der Waals surface area contributed by atoms with Crippen LogP contribution in [0.3, 0.4) is 0 Å². The van der Waals surface area contributed by atoms with Gasteiger partial charge in [-0.05, 0) is 36.4 Å². The van der Waals surface area contributed by atoms with E-state index in [2.05, 4.69) is 20.3 Å². The smallest absolute Gasteiger partial charge is 0.177 e. The Morgan fingerprint density at radius 1 is 1.00 bits per heavy atom. The monoisotopic (exact) mass is 447 g/mol. The molecule has 5 aromatic rings. The first-order valence-corrected chi connectivity index (χ1v) is 11.6. The quantitative estimate of drug-likeness (QED) is 0.437. The normalized spacial score (nSPS) is 11.8. The highest BCUT2D eigenvalue weighted by atomic mass is 32.2. The summed E-state index contributed by atoms with van der Waals surface area (Å²) in [5.41, 5.74) is 3.75. The van der Waals surface area contributed by atoms with Gasteiger partial charge in [0.1, 0.15) is 5.82 Å². The molecule has 0 radical (unpaired) electrons. The van der Waals surface area contributed by atoms with E-state index < -0.39 is 9.84 Å². The molecule has 32 heavy (non-hydrogen) atoms. The molecule has 0 amide bonds. The molecule has 5 rings (SSSR count). The Kier molecular flexibility index (Phi) is 4.63. The van der Waals surface area contributed by atoms with Crippen LogP contribution in [0.1, 0.15) is 0 Å². The van der Waals surface area contributed by atoms with E-state index in [1.165, 1.54) is 24.5 Å². The van der Waals surface area contributed by atoms with Gasteiger partial charge in [0.2, 0.25) is 0 Å². The molecule has 3 heterocycles. The summed E-state index contributed by atoms with van der Waals surface area (Å²) >= 11 is 0. The van der Waals surface area contributed by atoms with Crippen molar-refractivity contribution in [2.45, 2.75) is 4.90 Å². The highest BCUT2D eigenvalue weighted by molar-refractivity contribution is 7.90. The fraction of sp³-hybridized carbons (Fsp3) is 0.0870. The van der Waals surface area contributed by atoms with E-state index in [0.29, 0.717) is 33.5 Å². The summed E-state index contributed by atoms with van der Waals surface area (Å²) in [4.78, 5) is 12.9. The van der Waals surface area contributed by atoms with E-state index in [1.807, 2.05) is 23.9 Å². The van der Waals surface area contributed by atoms with Crippen molar-refractivity contribution in [3.05, 3.63) is 73.2 Å². The summed E-state index contributed by atoms with van der Waals surface area (Å²) in [5, 5.41) is 3.91. The summed E-state index contributed by atoms with van der Waals surface area (Å²) in [5.74, 6) is -0.383. The molecule has 3 aromatic heterocycles. The molecule has 2 aromatic carbocycles. The molecule has 0 unspecified atom stereocenters. The lowest BCUT2D eigenvalue weighted by atomic mass is 10.0. The van der Waals surface area contributed by atoms with Crippen LogP contribution in [-0.2, 0) is 16.9 Å². The molecule has 0 aliphatic rings. The lowest BCUT2D eigenvalue weighted by molar-refractivity contribution is 0.602. The van der Waals surface area contributed by atoms with E-state index in [4.69, 9.17) is 0 Å². The first-order chi connectivity index (χ1) is 15.3. The van der Waals surface area contributed by atoms with Gasteiger partial charge in [0, 0.05) is 65.8 Å². The number of anilines is 2. The SMILES string of the molecule is Cn1ccc2cc(F)c(-c3cc(Nc4cnccc4S(C)(=O)=O)cc4nccnc34)cc21. The molecule has 0 spiro atoms. The number of fused-ring (bicyclic) bond motifs is 2. The Hall–Kier alpha value is -3.85. The van der Waals surface area contributed by atoms with Gasteiger partial charge in [-0.2, -0.15) is 0 Å². The summed E-state index contributed by atoms with van der Waals surface area (Å²) in [7, 11) is -1.58. The zero-order valence-electron chi connectivity index (χ0n) is 17.2.